The maximum atomic E-state index is 11.6. The third kappa shape index (κ3) is 2.06. The van der Waals surface area contributed by atoms with Crippen LogP contribution in [0.2, 0.25) is 0 Å². The van der Waals surface area contributed by atoms with Crippen LogP contribution in [0.5, 0.6) is 0 Å². The Morgan fingerprint density at radius 2 is 1.76 bits per heavy atom. The van der Waals surface area contributed by atoms with Crippen molar-refractivity contribution < 1.29 is 9.90 Å². The summed E-state index contributed by atoms with van der Waals surface area (Å²) < 4.78 is 0. The zero-order valence-corrected chi connectivity index (χ0v) is 9.78. The Labute approximate surface area is 102 Å². The lowest BCUT2D eigenvalue weighted by Gasteiger charge is -2.33. The minimum absolute atomic E-state index is 0.689. The van der Waals surface area contributed by atoms with Gasteiger partial charge in [-0.2, -0.15) is 0 Å². The maximum absolute atomic E-state index is 11.6. The van der Waals surface area contributed by atoms with Crippen LogP contribution in [0.3, 0.4) is 0 Å². The topological polar surface area (TPSA) is 37.3 Å². The smallest absolute Gasteiger partial charge is 0.314 e. The average molecular weight is 228 g/mol. The van der Waals surface area contributed by atoms with Crippen LogP contribution in [-0.2, 0) is 10.2 Å². The fraction of sp³-hybridized carbons (Fsp3) is 0.400. The summed E-state index contributed by atoms with van der Waals surface area (Å²) in [5, 5.41) is 9.53. The zero-order chi connectivity index (χ0) is 12.3. The summed E-state index contributed by atoms with van der Waals surface area (Å²) in [5.74, 6) is 1.85. The third-order valence-corrected chi connectivity index (χ3v) is 3.72. The Kier molecular flexibility index (Phi) is 3.19. The molecule has 1 N–H and O–H groups in total. The number of hydrogen-bond acceptors (Lipinski definition) is 1. The first-order valence-electron chi connectivity index (χ1n) is 5.99. The lowest BCUT2D eigenvalue weighted by molar-refractivity contribution is -0.145. The van der Waals surface area contributed by atoms with Crippen LogP contribution in [0.25, 0.3) is 0 Å². The van der Waals surface area contributed by atoms with E-state index in [1.54, 1.807) is 0 Å². The SMILES string of the molecule is C#Cc1ccc(C2(C(=O)O)CCCCC2)cc1. The molecule has 0 bridgehead atoms. The second-order valence-electron chi connectivity index (χ2n) is 4.67. The van der Waals surface area contributed by atoms with Crippen LogP contribution >= 0.6 is 0 Å². The van der Waals surface area contributed by atoms with Crippen LogP contribution in [0.4, 0.5) is 0 Å². The van der Waals surface area contributed by atoms with Gasteiger partial charge in [-0.25, -0.2) is 0 Å². The van der Waals surface area contributed by atoms with Gasteiger partial charge in [0.15, 0.2) is 0 Å². The van der Waals surface area contributed by atoms with Gasteiger partial charge in [0.2, 0.25) is 0 Å². The Morgan fingerprint density at radius 3 is 2.24 bits per heavy atom. The minimum Gasteiger partial charge on any atom is -0.481 e. The summed E-state index contributed by atoms with van der Waals surface area (Å²) in [5.41, 5.74) is 1.000. The first-order valence-corrected chi connectivity index (χ1v) is 5.99. The van der Waals surface area contributed by atoms with Gasteiger partial charge in [-0.1, -0.05) is 37.3 Å². The highest BCUT2D eigenvalue weighted by atomic mass is 16.4. The molecule has 1 aromatic carbocycles. The molecule has 0 radical (unpaired) electrons. The Hall–Kier alpha value is -1.75. The van der Waals surface area contributed by atoms with Crippen molar-refractivity contribution in [2.45, 2.75) is 37.5 Å². The van der Waals surface area contributed by atoms with Crippen molar-refractivity contribution in [1.29, 1.82) is 0 Å². The number of benzene rings is 1. The molecule has 2 heteroatoms. The van der Waals surface area contributed by atoms with E-state index in [1.165, 1.54) is 0 Å². The molecule has 0 spiro atoms. The predicted molar refractivity (Wildman–Crippen MR) is 66.8 cm³/mol. The monoisotopic (exact) mass is 228 g/mol. The van der Waals surface area contributed by atoms with Crippen molar-refractivity contribution in [1.82, 2.24) is 0 Å². The van der Waals surface area contributed by atoms with Gasteiger partial charge in [-0.15, -0.1) is 6.42 Å². The maximum Gasteiger partial charge on any atom is 0.314 e. The lowest BCUT2D eigenvalue weighted by Crippen LogP contribution is -2.37. The molecule has 0 aliphatic heterocycles. The molecule has 0 atom stereocenters. The molecule has 1 aromatic rings. The fourth-order valence-corrected chi connectivity index (χ4v) is 2.67. The van der Waals surface area contributed by atoms with Gasteiger partial charge >= 0.3 is 5.97 Å². The van der Waals surface area contributed by atoms with E-state index in [0.717, 1.165) is 43.2 Å². The van der Waals surface area contributed by atoms with Gasteiger partial charge < -0.3 is 5.11 Å². The van der Waals surface area contributed by atoms with Crippen molar-refractivity contribution in [2.24, 2.45) is 0 Å². The number of aliphatic carboxylic acids is 1. The minimum atomic E-state index is -0.703. The Bertz CT molecular complexity index is 445. The second kappa shape index (κ2) is 4.63. The standard InChI is InChI=1S/C15H16O2/c1-2-12-6-8-13(9-7-12)15(14(16)17)10-4-3-5-11-15/h1,6-9H,3-5,10-11H2,(H,16,17). The molecule has 1 fully saturated rings. The highest BCUT2D eigenvalue weighted by Gasteiger charge is 2.41. The highest BCUT2D eigenvalue weighted by Crippen LogP contribution is 2.39. The first kappa shape index (κ1) is 11.7. The molecule has 0 heterocycles. The summed E-state index contributed by atoms with van der Waals surface area (Å²) in [7, 11) is 0. The van der Waals surface area contributed by atoms with Gasteiger partial charge in [0.1, 0.15) is 0 Å². The van der Waals surface area contributed by atoms with Gasteiger partial charge in [0.05, 0.1) is 5.41 Å². The van der Waals surface area contributed by atoms with Gasteiger partial charge in [-0.05, 0) is 30.5 Å². The van der Waals surface area contributed by atoms with Gasteiger partial charge in [0, 0.05) is 5.56 Å². The summed E-state index contributed by atoms with van der Waals surface area (Å²) in [4.78, 5) is 11.6. The van der Waals surface area contributed by atoms with E-state index in [-0.39, 0.29) is 0 Å². The van der Waals surface area contributed by atoms with Crippen molar-refractivity contribution in [3.8, 4) is 12.3 Å². The number of carboxylic acids is 1. The van der Waals surface area contributed by atoms with E-state index < -0.39 is 11.4 Å². The summed E-state index contributed by atoms with van der Waals surface area (Å²) in [6.07, 6.45) is 9.89. The molecule has 0 amide bonds. The number of carbonyl (C=O) groups is 1. The molecular formula is C15H16O2. The number of rotatable bonds is 2. The van der Waals surface area contributed by atoms with Crippen LogP contribution in [-0.4, -0.2) is 11.1 Å². The van der Waals surface area contributed by atoms with E-state index in [4.69, 9.17) is 6.42 Å². The molecule has 2 nitrogen and oxygen atoms in total. The number of terminal acetylenes is 1. The van der Waals surface area contributed by atoms with E-state index in [0.29, 0.717) is 0 Å². The van der Waals surface area contributed by atoms with Gasteiger partial charge in [0.25, 0.3) is 0 Å². The molecule has 0 aromatic heterocycles. The quantitative estimate of drug-likeness (QED) is 0.790. The van der Waals surface area contributed by atoms with Gasteiger partial charge in [-0.3, -0.25) is 4.79 Å². The van der Waals surface area contributed by atoms with E-state index in [9.17, 15) is 9.90 Å². The molecule has 88 valence electrons. The molecule has 1 aliphatic carbocycles. The van der Waals surface area contributed by atoms with E-state index in [1.807, 2.05) is 24.3 Å². The molecule has 17 heavy (non-hydrogen) atoms. The van der Waals surface area contributed by atoms with Crippen LogP contribution in [0.15, 0.2) is 24.3 Å². The zero-order valence-electron chi connectivity index (χ0n) is 9.78. The van der Waals surface area contributed by atoms with Crippen molar-refractivity contribution in [2.75, 3.05) is 0 Å². The number of hydrogen-bond donors (Lipinski definition) is 1. The molecule has 0 saturated heterocycles. The third-order valence-electron chi connectivity index (χ3n) is 3.72. The lowest BCUT2D eigenvalue weighted by atomic mass is 9.69. The van der Waals surface area contributed by atoms with E-state index in [2.05, 4.69) is 5.92 Å². The highest BCUT2D eigenvalue weighted by molar-refractivity contribution is 5.81. The second-order valence-corrected chi connectivity index (χ2v) is 4.67. The van der Waals surface area contributed by atoms with Crippen molar-refractivity contribution >= 4 is 5.97 Å². The molecule has 1 aliphatic rings. The van der Waals surface area contributed by atoms with Crippen molar-refractivity contribution in [3.63, 3.8) is 0 Å². The summed E-state index contributed by atoms with van der Waals surface area (Å²) in [6.45, 7) is 0. The van der Waals surface area contributed by atoms with Crippen LogP contribution in [0.1, 0.15) is 43.2 Å². The first-order chi connectivity index (χ1) is 8.19. The number of carboxylic acid groups (broad SMARTS) is 1. The largest absolute Gasteiger partial charge is 0.481 e. The van der Waals surface area contributed by atoms with Crippen molar-refractivity contribution in [3.05, 3.63) is 35.4 Å². The molecule has 0 unspecified atom stereocenters. The molecule has 2 rings (SSSR count). The average Bonchev–Trinajstić information content (AvgIpc) is 2.39. The summed E-state index contributed by atoms with van der Waals surface area (Å²) in [6, 6.07) is 7.40. The van der Waals surface area contributed by atoms with Crippen LogP contribution in [0, 0.1) is 12.3 Å². The van der Waals surface area contributed by atoms with Crippen LogP contribution < -0.4 is 0 Å². The molecular weight excluding hydrogens is 212 g/mol. The fourth-order valence-electron chi connectivity index (χ4n) is 2.67. The molecule has 1 saturated carbocycles. The predicted octanol–water partition coefficient (Wildman–Crippen LogP) is 2.95. The Balaban J connectivity index is 2.38. The normalized spacial score (nSPS) is 18.3. The summed E-state index contributed by atoms with van der Waals surface area (Å²) >= 11 is 0. The van der Waals surface area contributed by atoms with E-state index >= 15 is 0 Å². The Morgan fingerprint density at radius 1 is 1.18 bits per heavy atom.